The molecule has 1 aliphatic heterocycles. The fourth-order valence-corrected chi connectivity index (χ4v) is 2.45. The van der Waals surface area contributed by atoms with Crippen LogP contribution in [0.25, 0.3) is 0 Å². The molecule has 1 heterocycles. The molecule has 0 saturated carbocycles. The Bertz CT molecular complexity index is 379. The summed E-state index contributed by atoms with van der Waals surface area (Å²) in [5.41, 5.74) is 2.04. The van der Waals surface area contributed by atoms with Gasteiger partial charge in [-0.1, -0.05) is 22.9 Å². The largest absolute Gasteiger partial charge is 0.385 e. The van der Waals surface area contributed by atoms with Crippen molar-refractivity contribution in [2.75, 3.05) is 11.9 Å². The first-order valence-corrected chi connectivity index (χ1v) is 5.74. The van der Waals surface area contributed by atoms with Gasteiger partial charge >= 0.3 is 0 Å². The van der Waals surface area contributed by atoms with Crippen LogP contribution in [0.15, 0.2) is 16.6 Å². The van der Waals surface area contributed by atoms with Gasteiger partial charge in [-0.2, -0.15) is 0 Å². The Kier molecular flexibility index (Phi) is 2.96. The Morgan fingerprint density at radius 3 is 2.87 bits per heavy atom. The van der Waals surface area contributed by atoms with Crippen LogP contribution < -0.4 is 5.32 Å². The second-order valence-corrected chi connectivity index (χ2v) is 4.73. The van der Waals surface area contributed by atoms with Gasteiger partial charge in [-0.15, -0.1) is 0 Å². The van der Waals surface area contributed by atoms with Gasteiger partial charge in [0.25, 0.3) is 6.43 Å². The van der Waals surface area contributed by atoms with Crippen LogP contribution in [0.2, 0.25) is 0 Å². The molecule has 0 spiro atoms. The van der Waals surface area contributed by atoms with Gasteiger partial charge in [-0.25, -0.2) is 8.78 Å². The Balaban J connectivity index is 2.49. The summed E-state index contributed by atoms with van der Waals surface area (Å²) < 4.78 is 25.8. The average molecular weight is 276 g/mol. The van der Waals surface area contributed by atoms with Crippen LogP contribution in [-0.4, -0.2) is 6.54 Å². The third kappa shape index (κ3) is 2.00. The molecule has 1 N–H and O–H groups in total. The summed E-state index contributed by atoms with van der Waals surface area (Å²) in [6.07, 6.45) is -1.38. The number of nitrogens with one attached hydrogen (secondary N) is 1. The van der Waals surface area contributed by atoms with Crippen molar-refractivity contribution >= 4 is 21.6 Å². The van der Waals surface area contributed by atoms with Crippen LogP contribution in [0.4, 0.5) is 14.5 Å². The number of hydrogen-bond donors (Lipinski definition) is 1. The predicted molar refractivity (Wildman–Crippen MR) is 60.6 cm³/mol. The van der Waals surface area contributed by atoms with Gasteiger partial charge in [0.2, 0.25) is 0 Å². The molecule has 1 atom stereocenters. The molecule has 0 saturated heterocycles. The zero-order valence-electron chi connectivity index (χ0n) is 8.36. The van der Waals surface area contributed by atoms with Crippen LogP contribution in [0.1, 0.15) is 36.8 Å². The van der Waals surface area contributed by atoms with E-state index in [4.69, 9.17) is 0 Å². The van der Waals surface area contributed by atoms with E-state index in [1.165, 1.54) is 0 Å². The number of benzene rings is 1. The highest BCUT2D eigenvalue weighted by molar-refractivity contribution is 9.10. The lowest BCUT2D eigenvalue weighted by molar-refractivity contribution is 0.150. The minimum atomic E-state index is -2.43. The summed E-state index contributed by atoms with van der Waals surface area (Å²) in [5.74, 6) is 0.435. The molecular weight excluding hydrogens is 264 g/mol. The van der Waals surface area contributed by atoms with Gasteiger partial charge in [0.05, 0.1) is 0 Å². The zero-order valence-corrected chi connectivity index (χ0v) is 9.94. The summed E-state index contributed by atoms with van der Waals surface area (Å²) in [7, 11) is 0. The highest BCUT2D eigenvalue weighted by atomic mass is 79.9. The third-order valence-corrected chi connectivity index (χ3v) is 3.51. The third-order valence-electron chi connectivity index (χ3n) is 2.83. The molecule has 2 rings (SSSR count). The highest BCUT2D eigenvalue weighted by Gasteiger charge is 2.20. The van der Waals surface area contributed by atoms with Crippen molar-refractivity contribution in [3.8, 4) is 0 Å². The van der Waals surface area contributed by atoms with Crippen LogP contribution in [0.5, 0.6) is 0 Å². The van der Waals surface area contributed by atoms with E-state index in [9.17, 15) is 8.78 Å². The fourth-order valence-electron chi connectivity index (χ4n) is 1.91. The number of hydrogen-bond acceptors (Lipinski definition) is 1. The standard InChI is InChI=1S/C11H12BrF2N/c1-6-2-3-15-10-5-8(11(13)14)9(12)4-7(6)10/h4-6,11,15H,2-3H2,1H3. The van der Waals surface area contributed by atoms with Gasteiger partial charge in [0.15, 0.2) is 0 Å². The Morgan fingerprint density at radius 2 is 2.20 bits per heavy atom. The average Bonchev–Trinajstić information content (AvgIpc) is 2.18. The van der Waals surface area contributed by atoms with Crippen molar-refractivity contribution in [2.45, 2.75) is 25.7 Å². The maximum Gasteiger partial charge on any atom is 0.265 e. The summed E-state index contributed by atoms with van der Waals surface area (Å²) >= 11 is 3.20. The number of rotatable bonds is 1. The topological polar surface area (TPSA) is 12.0 Å². The lowest BCUT2D eigenvalue weighted by Gasteiger charge is -2.25. The molecule has 0 radical (unpaired) electrons. The van der Waals surface area contributed by atoms with E-state index in [0.29, 0.717) is 10.4 Å². The van der Waals surface area contributed by atoms with Gasteiger partial charge in [-0.3, -0.25) is 0 Å². The molecule has 0 fully saturated rings. The first-order valence-electron chi connectivity index (χ1n) is 4.95. The first kappa shape index (κ1) is 10.9. The molecule has 0 aromatic heterocycles. The molecule has 1 unspecified atom stereocenters. The van der Waals surface area contributed by atoms with Crippen molar-refractivity contribution in [1.82, 2.24) is 0 Å². The van der Waals surface area contributed by atoms with Crippen LogP contribution in [0.3, 0.4) is 0 Å². The molecule has 4 heteroatoms. The van der Waals surface area contributed by atoms with Crippen molar-refractivity contribution in [2.24, 2.45) is 0 Å². The molecule has 82 valence electrons. The first-order chi connectivity index (χ1) is 7.09. The second kappa shape index (κ2) is 4.08. The molecule has 0 bridgehead atoms. The van der Waals surface area contributed by atoms with E-state index in [2.05, 4.69) is 28.2 Å². The van der Waals surface area contributed by atoms with Gasteiger partial charge in [-0.05, 0) is 30.0 Å². The summed E-state index contributed by atoms with van der Waals surface area (Å²) in [5, 5.41) is 3.16. The summed E-state index contributed by atoms with van der Waals surface area (Å²) in [6.45, 7) is 2.98. The molecule has 1 aromatic rings. The normalized spacial score (nSPS) is 19.9. The van der Waals surface area contributed by atoms with Crippen molar-refractivity contribution < 1.29 is 8.78 Å². The molecule has 0 aliphatic carbocycles. The monoisotopic (exact) mass is 275 g/mol. The SMILES string of the molecule is CC1CCNc2cc(C(F)F)c(Br)cc21. The molecule has 1 aliphatic rings. The minimum absolute atomic E-state index is 0.0651. The van der Waals surface area contributed by atoms with E-state index in [1.54, 1.807) is 6.07 Å². The molecule has 15 heavy (non-hydrogen) atoms. The zero-order chi connectivity index (χ0) is 11.0. The molecule has 1 nitrogen and oxygen atoms in total. The fraction of sp³-hybridized carbons (Fsp3) is 0.455. The second-order valence-electron chi connectivity index (χ2n) is 3.88. The van der Waals surface area contributed by atoms with E-state index >= 15 is 0 Å². The van der Waals surface area contributed by atoms with E-state index in [-0.39, 0.29) is 5.56 Å². The summed E-state index contributed by atoms with van der Waals surface area (Å²) in [4.78, 5) is 0. The molecule has 0 amide bonds. The van der Waals surface area contributed by atoms with Gasteiger partial charge < -0.3 is 5.32 Å². The smallest absolute Gasteiger partial charge is 0.265 e. The lowest BCUT2D eigenvalue weighted by atomic mass is 9.92. The van der Waals surface area contributed by atoms with E-state index in [0.717, 1.165) is 24.2 Å². The number of halogens is 3. The maximum absolute atomic E-state index is 12.6. The maximum atomic E-state index is 12.6. The van der Waals surface area contributed by atoms with E-state index in [1.807, 2.05) is 6.07 Å². The number of fused-ring (bicyclic) bond motifs is 1. The Labute approximate surface area is 96.0 Å². The van der Waals surface area contributed by atoms with Crippen LogP contribution in [0, 0.1) is 0 Å². The summed E-state index contributed by atoms with van der Waals surface area (Å²) in [6, 6.07) is 3.37. The minimum Gasteiger partial charge on any atom is -0.385 e. The molecule has 1 aromatic carbocycles. The predicted octanol–water partition coefficient (Wildman–Crippen LogP) is 4.31. The number of alkyl halides is 2. The Hall–Kier alpha value is -0.640. The van der Waals surface area contributed by atoms with Crippen molar-refractivity contribution in [3.05, 3.63) is 27.7 Å². The molecular formula is C11H12BrF2N. The van der Waals surface area contributed by atoms with Gasteiger partial charge in [0, 0.05) is 22.3 Å². The highest BCUT2D eigenvalue weighted by Crippen LogP contribution is 2.38. The van der Waals surface area contributed by atoms with E-state index < -0.39 is 6.43 Å². The quantitative estimate of drug-likeness (QED) is 0.806. The lowest BCUT2D eigenvalue weighted by Crippen LogP contribution is -2.15. The Morgan fingerprint density at radius 1 is 1.47 bits per heavy atom. The number of anilines is 1. The van der Waals surface area contributed by atoms with Crippen LogP contribution >= 0.6 is 15.9 Å². The van der Waals surface area contributed by atoms with Crippen molar-refractivity contribution in [3.63, 3.8) is 0 Å². The van der Waals surface area contributed by atoms with Crippen molar-refractivity contribution in [1.29, 1.82) is 0 Å². The van der Waals surface area contributed by atoms with Crippen LogP contribution in [-0.2, 0) is 0 Å². The van der Waals surface area contributed by atoms with Gasteiger partial charge in [0.1, 0.15) is 0 Å².